The van der Waals surface area contributed by atoms with Crippen molar-refractivity contribution in [3.8, 4) is 23.0 Å². The number of hydrogen-bond acceptors (Lipinski definition) is 22. The van der Waals surface area contributed by atoms with Gasteiger partial charge in [0, 0.05) is 13.8 Å². The second kappa shape index (κ2) is 26.0. The van der Waals surface area contributed by atoms with Gasteiger partial charge in [-0.25, -0.2) is 19.2 Å². The van der Waals surface area contributed by atoms with Crippen molar-refractivity contribution in [1.29, 1.82) is 0 Å². The maximum atomic E-state index is 12.0. The van der Waals surface area contributed by atoms with Gasteiger partial charge in [0.2, 0.25) is 12.6 Å². The third-order valence-corrected chi connectivity index (χ3v) is 8.09. The standard InChI is InChI=1S/C18H26BrNO11.C15H20BrNO11.C2H6.C2H4/c1-9(30-15(22)31-16(2,3)4)29-14(21)20-18(25,26)17(23,24)10-7-13(28-6)11(19)8-12(10)27-5;1-7(28-13(19)26-4)27-12(18)17-15(22,23)14(20,21)8-5-11(25-3)9(16)6-10(8)24-2;2*1-2/h7-9,23-26H,1-6H3,(H,20,21);5-7,20-23H,1-4H3,(H,17,18);1-2H3;1-2H2. The van der Waals surface area contributed by atoms with Crippen molar-refractivity contribution in [3.05, 3.63) is 57.5 Å². The first kappa shape index (κ1) is 60.2. The van der Waals surface area contributed by atoms with E-state index in [0.29, 0.717) is 8.95 Å². The van der Waals surface area contributed by atoms with E-state index < -0.39 is 77.2 Å². The molecule has 26 heteroatoms. The topological polar surface area (TPSA) is 346 Å². The Hall–Kier alpha value is -4.90. The first-order valence-electron chi connectivity index (χ1n) is 17.7. The maximum absolute atomic E-state index is 12.0. The third-order valence-electron chi connectivity index (χ3n) is 6.85. The number of aliphatic hydroxyl groups is 8. The average Bonchev–Trinajstić information content (AvgIpc) is 3.17. The summed E-state index contributed by atoms with van der Waals surface area (Å²) in [4.78, 5) is 46.3. The van der Waals surface area contributed by atoms with E-state index in [2.05, 4.69) is 68.7 Å². The predicted molar refractivity (Wildman–Crippen MR) is 223 cm³/mol. The van der Waals surface area contributed by atoms with Gasteiger partial charge in [0.1, 0.15) is 28.6 Å². The quantitative estimate of drug-likeness (QED) is 0.0562. The highest BCUT2D eigenvalue weighted by atomic mass is 79.9. The van der Waals surface area contributed by atoms with Crippen LogP contribution in [0, 0.1) is 0 Å². The van der Waals surface area contributed by atoms with Crippen LogP contribution in [0.1, 0.15) is 59.6 Å². The van der Waals surface area contributed by atoms with E-state index in [-0.39, 0.29) is 23.0 Å². The maximum Gasteiger partial charge on any atom is 0.511 e. The molecular weight excluding hydrogens is 984 g/mol. The van der Waals surface area contributed by atoms with Crippen LogP contribution in [0.5, 0.6) is 23.0 Å². The van der Waals surface area contributed by atoms with Crippen LogP contribution in [-0.4, -0.2) is 131 Å². The van der Waals surface area contributed by atoms with Crippen LogP contribution in [0.4, 0.5) is 19.2 Å². The third kappa shape index (κ3) is 18.0. The largest absolute Gasteiger partial charge is 0.511 e. The van der Waals surface area contributed by atoms with Gasteiger partial charge < -0.3 is 88.2 Å². The molecule has 0 radical (unpaired) electrons. The number of halogens is 2. The Morgan fingerprint density at radius 3 is 1.13 bits per heavy atom. The van der Waals surface area contributed by atoms with Gasteiger partial charge in [0.15, 0.2) is 0 Å². The molecule has 0 aliphatic rings. The summed E-state index contributed by atoms with van der Waals surface area (Å²) < 4.78 is 48.2. The van der Waals surface area contributed by atoms with Crippen molar-refractivity contribution < 1.29 is 107 Å². The molecule has 360 valence electrons. The monoisotopic (exact) mass is 1040 g/mol. The highest BCUT2D eigenvalue weighted by Gasteiger charge is 2.54. The lowest BCUT2D eigenvalue weighted by Crippen LogP contribution is -2.63. The highest BCUT2D eigenvalue weighted by Crippen LogP contribution is 2.41. The number of benzene rings is 2. The van der Waals surface area contributed by atoms with E-state index in [0.717, 1.165) is 33.1 Å². The Morgan fingerprint density at radius 2 is 0.857 bits per heavy atom. The molecule has 2 rings (SSSR count). The smallest absolute Gasteiger partial charge is 0.496 e. The molecule has 63 heavy (non-hydrogen) atoms. The van der Waals surface area contributed by atoms with E-state index in [1.54, 1.807) is 20.8 Å². The zero-order valence-electron chi connectivity index (χ0n) is 36.4. The first-order valence-corrected chi connectivity index (χ1v) is 19.3. The summed E-state index contributed by atoms with van der Waals surface area (Å²) in [5, 5.41) is 84.9. The van der Waals surface area contributed by atoms with Crippen molar-refractivity contribution in [2.75, 3.05) is 35.5 Å². The number of methoxy groups -OCH3 is 5. The lowest BCUT2D eigenvalue weighted by atomic mass is 10.0. The molecule has 2 unspecified atom stereocenters. The number of amides is 2. The molecule has 0 aliphatic heterocycles. The van der Waals surface area contributed by atoms with E-state index in [1.807, 2.05) is 13.8 Å². The Labute approximate surface area is 379 Å². The van der Waals surface area contributed by atoms with Crippen molar-refractivity contribution in [3.63, 3.8) is 0 Å². The Morgan fingerprint density at radius 1 is 0.556 bits per heavy atom. The van der Waals surface area contributed by atoms with Crippen molar-refractivity contribution in [2.45, 2.75) is 90.0 Å². The minimum Gasteiger partial charge on any atom is -0.496 e. The fraction of sp³-hybridized carbons (Fsp3) is 0.514. The predicted octanol–water partition coefficient (Wildman–Crippen LogP) is 3.19. The summed E-state index contributed by atoms with van der Waals surface area (Å²) in [6.45, 7) is 17.0. The van der Waals surface area contributed by atoms with Gasteiger partial charge in [-0.2, -0.15) is 0 Å². The van der Waals surface area contributed by atoms with Gasteiger partial charge in [0.25, 0.3) is 11.6 Å². The van der Waals surface area contributed by atoms with Gasteiger partial charge in [0.05, 0.1) is 55.6 Å². The molecule has 2 atom stereocenters. The Bertz CT molecular complexity index is 1800. The molecule has 2 amide bonds. The number of carbonyl (C=O) groups is 4. The summed E-state index contributed by atoms with van der Waals surface area (Å²) in [6.07, 6.45) is -8.42. The molecule has 0 saturated heterocycles. The summed E-state index contributed by atoms with van der Waals surface area (Å²) >= 11 is 6.33. The summed E-state index contributed by atoms with van der Waals surface area (Å²) in [5.41, 5.74) is -1.97. The van der Waals surface area contributed by atoms with Crippen molar-refractivity contribution in [2.24, 2.45) is 0 Å². The molecule has 24 nitrogen and oxygen atoms in total. The van der Waals surface area contributed by atoms with E-state index in [9.17, 15) is 60.0 Å². The van der Waals surface area contributed by atoms with Gasteiger partial charge in [-0.3, -0.25) is 10.6 Å². The Balaban J connectivity index is 0. The zero-order chi connectivity index (χ0) is 49.9. The van der Waals surface area contributed by atoms with Crippen LogP contribution in [-0.2, 0) is 40.0 Å². The van der Waals surface area contributed by atoms with Gasteiger partial charge in [-0.15, -0.1) is 13.2 Å². The van der Waals surface area contributed by atoms with E-state index in [1.165, 1.54) is 51.2 Å². The van der Waals surface area contributed by atoms with E-state index in [4.69, 9.17) is 23.7 Å². The summed E-state index contributed by atoms with van der Waals surface area (Å²) in [6, 6.07) is 4.64. The number of rotatable bonds is 14. The van der Waals surface area contributed by atoms with Crippen LogP contribution in [0.2, 0.25) is 0 Å². The molecule has 2 aromatic carbocycles. The SMILES string of the molecule is C=C.CC.COC(=O)OC(C)OC(=O)NC(O)(O)C(O)(O)c1cc(OC)c(Br)cc1OC.COc1cc(C(O)(O)C(O)(O)NC(=O)OC(C)OC(=O)OC(C)(C)C)c(OC)cc1Br. The number of ether oxygens (including phenoxy) is 10. The average molecular weight is 1040 g/mol. The first-order chi connectivity index (χ1) is 28.9. The Kier molecular flexibility index (Phi) is 24.9. The molecule has 0 heterocycles. The van der Waals surface area contributed by atoms with Crippen LogP contribution >= 0.6 is 31.9 Å². The van der Waals surface area contributed by atoms with Crippen LogP contribution < -0.4 is 29.6 Å². The molecule has 10 N–H and O–H groups in total. The summed E-state index contributed by atoms with van der Waals surface area (Å²) in [7, 11) is 5.99. The van der Waals surface area contributed by atoms with Crippen LogP contribution in [0.25, 0.3) is 0 Å². The lowest BCUT2D eigenvalue weighted by Gasteiger charge is -2.35. The fourth-order valence-electron chi connectivity index (χ4n) is 4.10. The minimum atomic E-state index is -3.68. The van der Waals surface area contributed by atoms with Gasteiger partial charge >= 0.3 is 36.3 Å². The molecule has 0 fully saturated rings. The normalized spacial score (nSPS) is 12.2. The number of carbonyl (C=O) groups excluding carboxylic acids is 4. The molecular formula is C37H56Br2N2O22. The molecule has 0 bridgehead atoms. The zero-order valence-corrected chi connectivity index (χ0v) is 39.6. The van der Waals surface area contributed by atoms with Gasteiger partial charge in [-0.1, -0.05) is 13.8 Å². The fourth-order valence-corrected chi connectivity index (χ4v) is 5.07. The van der Waals surface area contributed by atoms with E-state index >= 15 is 0 Å². The summed E-state index contributed by atoms with van der Waals surface area (Å²) in [5.74, 6) is -14.5. The highest BCUT2D eigenvalue weighted by molar-refractivity contribution is 9.11. The minimum absolute atomic E-state index is 0.0982. The van der Waals surface area contributed by atoms with Crippen molar-refractivity contribution >= 4 is 56.4 Å². The molecule has 2 aromatic rings. The van der Waals surface area contributed by atoms with Crippen LogP contribution in [0.15, 0.2) is 46.4 Å². The number of hydrogen-bond donors (Lipinski definition) is 10. The number of alkyl carbamates (subject to hydrolysis) is 2. The molecule has 0 aliphatic carbocycles. The molecule has 0 aromatic heterocycles. The van der Waals surface area contributed by atoms with Gasteiger partial charge in [-0.05, 0) is 76.9 Å². The lowest BCUT2D eigenvalue weighted by molar-refractivity contribution is -0.375. The number of nitrogens with one attached hydrogen (secondary N) is 2. The van der Waals surface area contributed by atoms with Crippen LogP contribution in [0.3, 0.4) is 0 Å². The molecule has 0 saturated carbocycles. The van der Waals surface area contributed by atoms with Crippen molar-refractivity contribution in [1.82, 2.24) is 10.6 Å². The second-order valence-corrected chi connectivity index (χ2v) is 14.1. The molecule has 0 spiro atoms. The second-order valence-electron chi connectivity index (χ2n) is 12.4.